The van der Waals surface area contributed by atoms with Crippen LogP contribution in [0.15, 0.2) is 34.5 Å². The molecular weight excluding hydrogens is 362 g/mol. The Hall–Kier alpha value is -2.83. The summed E-state index contributed by atoms with van der Waals surface area (Å²) in [4.78, 5) is 27.7. The normalized spacial score (nSPS) is 18.7. The van der Waals surface area contributed by atoms with Crippen molar-refractivity contribution in [2.45, 2.75) is 52.5 Å². The number of carbonyl (C=O) groups excluding carboxylic acids is 1. The molecule has 0 aromatic heterocycles. The maximum atomic E-state index is 12.4. The number of ketones is 1. The highest BCUT2D eigenvalue weighted by atomic mass is 16.5. The molecule has 1 saturated carbocycles. The minimum absolute atomic E-state index is 0.104. The van der Waals surface area contributed by atoms with Crippen LogP contribution in [0.25, 0.3) is 0 Å². The number of rotatable bonds is 8. The number of ether oxygens (including phenoxy) is 2. The Morgan fingerprint density at radius 2 is 1.82 bits per heavy atom. The largest absolute Gasteiger partial charge is 0.511 e. The van der Waals surface area contributed by atoms with Gasteiger partial charge in [0.05, 0.1) is 24.5 Å². The van der Waals surface area contributed by atoms with Crippen molar-refractivity contribution in [2.75, 3.05) is 13.2 Å². The first-order chi connectivity index (χ1) is 13.4. The fourth-order valence-electron chi connectivity index (χ4n) is 3.06. The molecule has 28 heavy (non-hydrogen) atoms. The number of Topliss-reactive ketones (excluding diaryl/α,β-unsaturated/α-hetero) is 1. The van der Waals surface area contributed by atoms with E-state index in [2.05, 4.69) is 4.99 Å². The molecule has 7 heteroatoms. The van der Waals surface area contributed by atoms with Crippen molar-refractivity contribution in [1.82, 2.24) is 0 Å². The molecule has 1 unspecified atom stereocenters. The van der Waals surface area contributed by atoms with Crippen molar-refractivity contribution in [1.29, 1.82) is 0 Å². The predicted molar refractivity (Wildman–Crippen MR) is 106 cm³/mol. The maximum Gasteiger partial charge on any atom is 0.328 e. The highest BCUT2D eigenvalue weighted by Crippen LogP contribution is 2.30. The van der Waals surface area contributed by atoms with Crippen LogP contribution in [0.2, 0.25) is 0 Å². The van der Waals surface area contributed by atoms with E-state index < -0.39 is 12.0 Å². The second kappa shape index (κ2) is 9.92. The molecule has 0 radical (unpaired) electrons. The average molecular weight is 389 g/mol. The highest BCUT2D eigenvalue weighted by Gasteiger charge is 2.27. The standard InChI is InChI=1S/C21H27NO6/c1-4-27-18-10-9-14(12-19(18)28-5-2)11-17(24)20-15(7-6-8-16(20)23)22-13(3)21(25)26/h9-10,12-13,24H,4-8,11H2,1-3H3,(H,25,26). The van der Waals surface area contributed by atoms with Gasteiger partial charge in [0.15, 0.2) is 17.3 Å². The number of hydrogen-bond acceptors (Lipinski definition) is 6. The van der Waals surface area contributed by atoms with E-state index >= 15 is 0 Å². The molecule has 0 aliphatic heterocycles. The molecule has 1 fully saturated rings. The first kappa shape index (κ1) is 21.5. The number of benzene rings is 1. The molecule has 1 aliphatic rings. The summed E-state index contributed by atoms with van der Waals surface area (Å²) in [6.07, 6.45) is 1.50. The number of carboxylic acids is 1. The van der Waals surface area contributed by atoms with Crippen LogP contribution in [0.5, 0.6) is 11.5 Å². The summed E-state index contributed by atoms with van der Waals surface area (Å²) in [5.74, 6) is -0.199. The lowest BCUT2D eigenvalue weighted by atomic mass is 9.89. The summed E-state index contributed by atoms with van der Waals surface area (Å²) in [6.45, 7) is 6.18. The number of allylic oxidation sites excluding steroid dienone is 2. The Morgan fingerprint density at radius 1 is 1.14 bits per heavy atom. The first-order valence-corrected chi connectivity index (χ1v) is 9.51. The van der Waals surface area contributed by atoms with Crippen molar-refractivity contribution in [3.05, 3.63) is 35.1 Å². The van der Waals surface area contributed by atoms with Gasteiger partial charge in [-0.3, -0.25) is 9.79 Å². The number of carboxylic acid groups (broad SMARTS) is 1. The van der Waals surface area contributed by atoms with Crippen LogP contribution in [0.1, 0.15) is 45.6 Å². The molecule has 0 bridgehead atoms. The van der Waals surface area contributed by atoms with Gasteiger partial charge >= 0.3 is 5.97 Å². The van der Waals surface area contributed by atoms with Gasteiger partial charge in [0.1, 0.15) is 11.8 Å². The van der Waals surface area contributed by atoms with Crippen LogP contribution in [0.3, 0.4) is 0 Å². The van der Waals surface area contributed by atoms with Crippen molar-refractivity contribution in [3.63, 3.8) is 0 Å². The smallest absolute Gasteiger partial charge is 0.328 e. The van der Waals surface area contributed by atoms with E-state index in [-0.39, 0.29) is 23.5 Å². The van der Waals surface area contributed by atoms with Gasteiger partial charge in [0, 0.05) is 12.8 Å². The predicted octanol–water partition coefficient (Wildman–Crippen LogP) is 3.51. The molecule has 2 rings (SSSR count). The van der Waals surface area contributed by atoms with Gasteiger partial charge in [-0.2, -0.15) is 0 Å². The van der Waals surface area contributed by atoms with E-state index in [1.165, 1.54) is 6.92 Å². The number of nitrogens with zero attached hydrogens (tertiary/aromatic N) is 1. The quantitative estimate of drug-likeness (QED) is 0.521. The Bertz CT molecular complexity index is 796. The van der Waals surface area contributed by atoms with E-state index in [1.54, 1.807) is 18.2 Å². The van der Waals surface area contributed by atoms with Crippen LogP contribution in [0.4, 0.5) is 0 Å². The fourth-order valence-corrected chi connectivity index (χ4v) is 3.06. The molecule has 7 nitrogen and oxygen atoms in total. The number of aliphatic hydroxyl groups excluding tert-OH is 1. The lowest BCUT2D eigenvalue weighted by Gasteiger charge is -2.19. The van der Waals surface area contributed by atoms with Gasteiger partial charge in [-0.1, -0.05) is 6.07 Å². The third kappa shape index (κ3) is 5.34. The second-order valence-corrected chi connectivity index (χ2v) is 6.51. The zero-order valence-corrected chi connectivity index (χ0v) is 16.5. The molecule has 1 aliphatic carbocycles. The summed E-state index contributed by atoms with van der Waals surface area (Å²) in [7, 11) is 0. The SMILES string of the molecule is CCOc1ccc(CC(O)=C2C(=O)CCCC2=NC(C)C(=O)O)cc1OCC. The zero-order valence-electron chi connectivity index (χ0n) is 16.5. The van der Waals surface area contributed by atoms with E-state index in [4.69, 9.17) is 14.6 Å². The molecular formula is C21H27NO6. The average Bonchev–Trinajstić information content (AvgIpc) is 2.64. The van der Waals surface area contributed by atoms with Crippen LogP contribution < -0.4 is 9.47 Å². The Balaban J connectivity index is 2.36. The molecule has 152 valence electrons. The number of carbonyl (C=O) groups is 2. The van der Waals surface area contributed by atoms with Gasteiger partial charge in [-0.25, -0.2) is 4.79 Å². The molecule has 1 atom stereocenters. The summed E-state index contributed by atoms with van der Waals surface area (Å²) < 4.78 is 11.1. The summed E-state index contributed by atoms with van der Waals surface area (Å²) in [5, 5.41) is 19.8. The van der Waals surface area contributed by atoms with Crippen LogP contribution in [0, 0.1) is 0 Å². The van der Waals surface area contributed by atoms with Gasteiger partial charge in [-0.15, -0.1) is 0 Å². The van der Waals surface area contributed by atoms with Crippen molar-refractivity contribution in [3.8, 4) is 11.5 Å². The number of aliphatic imine (C=N–C) groups is 1. The van der Waals surface area contributed by atoms with Crippen molar-refractivity contribution in [2.24, 2.45) is 4.99 Å². The van der Waals surface area contributed by atoms with Crippen LogP contribution >= 0.6 is 0 Å². The molecule has 0 spiro atoms. The van der Waals surface area contributed by atoms with Crippen molar-refractivity contribution < 1.29 is 29.3 Å². The van der Waals surface area contributed by atoms with Crippen LogP contribution in [-0.2, 0) is 16.0 Å². The first-order valence-electron chi connectivity index (χ1n) is 9.51. The lowest BCUT2D eigenvalue weighted by Crippen LogP contribution is -2.25. The minimum atomic E-state index is -1.07. The molecule has 0 amide bonds. The maximum absolute atomic E-state index is 12.4. The minimum Gasteiger partial charge on any atom is -0.511 e. The van der Waals surface area contributed by atoms with Gasteiger partial charge in [0.2, 0.25) is 0 Å². The number of hydrogen-bond donors (Lipinski definition) is 2. The molecule has 2 N–H and O–H groups in total. The molecule has 0 saturated heterocycles. The van der Waals surface area contributed by atoms with Gasteiger partial charge in [-0.05, 0) is 51.3 Å². The summed E-state index contributed by atoms with van der Waals surface area (Å²) >= 11 is 0. The monoisotopic (exact) mass is 389 g/mol. The fraction of sp³-hybridized carbons (Fsp3) is 0.476. The molecule has 0 heterocycles. The Morgan fingerprint density at radius 3 is 2.46 bits per heavy atom. The zero-order chi connectivity index (χ0) is 20.7. The lowest BCUT2D eigenvalue weighted by molar-refractivity contribution is -0.138. The highest BCUT2D eigenvalue weighted by molar-refractivity contribution is 6.24. The van der Waals surface area contributed by atoms with E-state index in [1.807, 2.05) is 13.8 Å². The summed E-state index contributed by atoms with van der Waals surface area (Å²) in [5.41, 5.74) is 1.26. The van der Waals surface area contributed by atoms with E-state index in [9.17, 15) is 14.7 Å². The number of aliphatic hydroxyl groups is 1. The van der Waals surface area contributed by atoms with Gasteiger partial charge in [0.25, 0.3) is 0 Å². The third-order valence-electron chi connectivity index (χ3n) is 4.36. The van der Waals surface area contributed by atoms with Crippen LogP contribution in [-0.4, -0.2) is 46.9 Å². The van der Waals surface area contributed by atoms with E-state index in [0.29, 0.717) is 49.7 Å². The molecule has 1 aromatic rings. The topological polar surface area (TPSA) is 105 Å². The number of aliphatic carboxylic acids is 1. The third-order valence-corrected chi connectivity index (χ3v) is 4.36. The molecule has 1 aromatic carbocycles. The Labute approximate surface area is 164 Å². The summed E-state index contributed by atoms with van der Waals surface area (Å²) in [6, 6.07) is 4.37. The van der Waals surface area contributed by atoms with Gasteiger partial charge < -0.3 is 19.7 Å². The van der Waals surface area contributed by atoms with E-state index in [0.717, 1.165) is 5.56 Å². The second-order valence-electron chi connectivity index (χ2n) is 6.51. The Kier molecular flexibility index (Phi) is 7.61. The van der Waals surface area contributed by atoms with Crippen molar-refractivity contribution >= 4 is 17.5 Å².